The molecule has 0 aliphatic carbocycles. The minimum absolute atomic E-state index is 0. The van der Waals surface area contributed by atoms with Gasteiger partial charge in [0.25, 0.3) is 5.91 Å². The van der Waals surface area contributed by atoms with Crippen molar-refractivity contribution in [3.8, 4) is 0 Å². The molecule has 1 aliphatic heterocycles. The van der Waals surface area contributed by atoms with Gasteiger partial charge in [-0.2, -0.15) is 0 Å². The van der Waals surface area contributed by atoms with E-state index in [1.165, 1.54) is 11.1 Å². The van der Waals surface area contributed by atoms with E-state index in [0.717, 1.165) is 50.4 Å². The zero-order valence-electron chi connectivity index (χ0n) is 18.4. The van der Waals surface area contributed by atoms with E-state index < -0.39 is 0 Å². The molecule has 0 radical (unpaired) electrons. The fourth-order valence-electron chi connectivity index (χ4n) is 3.66. The number of rotatable bonds is 6. The van der Waals surface area contributed by atoms with Gasteiger partial charge in [0.15, 0.2) is 5.96 Å². The van der Waals surface area contributed by atoms with Crippen LogP contribution in [0.1, 0.15) is 41.3 Å². The topological polar surface area (TPSA) is 56.7 Å². The number of hydrogen-bond donors (Lipinski definition) is 2. The molecule has 1 fully saturated rings. The normalized spacial score (nSPS) is 13.9. The smallest absolute Gasteiger partial charge is 0.251 e. The number of piperidine rings is 1. The predicted octanol–water partition coefficient (Wildman–Crippen LogP) is 4.35. The molecule has 0 spiro atoms. The standard InChI is InChI=1S/C25H32N4O.HI/c1-3-27-25(28-15-12-21-10-7-11-23(19-21)24(30)26-2)29-16-13-22(14-17-29)18-20-8-5-4-6-9-20;/h4-11,18-19H,3,12-17H2,1-2H3,(H,26,30)(H,27,28);1H. The van der Waals surface area contributed by atoms with E-state index >= 15 is 0 Å². The first-order valence-electron chi connectivity index (χ1n) is 10.8. The quantitative estimate of drug-likeness (QED) is 0.331. The van der Waals surface area contributed by atoms with Gasteiger partial charge in [-0.1, -0.05) is 54.1 Å². The summed E-state index contributed by atoms with van der Waals surface area (Å²) in [6.45, 7) is 5.62. The molecule has 0 saturated carbocycles. The lowest BCUT2D eigenvalue weighted by atomic mass is 10.0. The fourth-order valence-corrected chi connectivity index (χ4v) is 3.66. The lowest BCUT2D eigenvalue weighted by Crippen LogP contribution is -2.44. The van der Waals surface area contributed by atoms with Gasteiger partial charge in [0.05, 0.1) is 0 Å². The number of benzene rings is 2. The Morgan fingerprint density at radius 1 is 1.10 bits per heavy atom. The summed E-state index contributed by atoms with van der Waals surface area (Å²) in [5.41, 5.74) is 4.60. The number of guanidine groups is 1. The Balaban J connectivity index is 0.00000341. The molecule has 31 heavy (non-hydrogen) atoms. The molecule has 6 heteroatoms. The van der Waals surface area contributed by atoms with Crippen LogP contribution in [0.5, 0.6) is 0 Å². The van der Waals surface area contributed by atoms with Crippen molar-refractivity contribution in [2.45, 2.75) is 26.2 Å². The van der Waals surface area contributed by atoms with Gasteiger partial charge in [-0.05, 0) is 49.4 Å². The summed E-state index contributed by atoms with van der Waals surface area (Å²) in [5.74, 6) is 0.931. The molecular formula is C25H33IN4O. The summed E-state index contributed by atoms with van der Waals surface area (Å²) in [6.07, 6.45) is 5.26. The van der Waals surface area contributed by atoms with Crippen molar-refractivity contribution in [3.63, 3.8) is 0 Å². The lowest BCUT2D eigenvalue weighted by Gasteiger charge is -2.31. The third kappa shape index (κ3) is 7.69. The molecule has 1 aliphatic rings. The summed E-state index contributed by atoms with van der Waals surface area (Å²) < 4.78 is 0. The number of hydrogen-bond acceptors (Lipinski definition) is 2. The van der Waals surface area contributed by atoms with Crippen LogP contribution in [0.4, 0.5) is 0 Å². The second-order valence-electron chi connectivity index (χ2n) is 7.47. The number of carbonyl (C=O) groups is 1. The van der Waals surface area contributed by atoms with Gasteiger partial charge in [-0.3, -0.25) is 9.79 Å². The monoisotopic (exact) mass is 532 g/mol. The Hall–Kier alpha value is -2.35. The molecule has 2 aromatic rings. The molecule has 1 heterocycles. The molecule has 0 atom stereocenters. The number of likely N-dealkylation sites (tertiary alicyclic amines) is 1. The van der Waals surface area contributed by atoms with Gasteiger partial charge in [-0.25, -0.2) is 0 Å². The van der Waals surface area contributed by atoms with Crippen LogP contribution in [0.2, 0.25) is 0 Å². The van der Waals surface area contributed by atoms with Crippen LogP contribution in [0, 0.1) is 0 Å². The molecule has 1 amide bonds. The van der Waals surface area contributed by atoms with Crippen LogP contribution < -0.4 is 10.6 Å². The minimum Gasteiger partial charge on any atom is -0.357 e. The second kappa shape index (κ2) is 13.1. The van der Waals surface area contributed by atoms with E-state index in [-0.39, 0.29) is 29.9 Å². The molecule has 166 valence electrons. The highest BCUT2D eigenvalue weighted by molar-refractivity contribution is 14.0. The van der Waals surface area contributed by atoms with Crippen molar-refractivity contribution in [1.29, 1.82) is 0 Å². The zero-order valence-corrected chi connectivity index (χ0v) is 20.8. The molecule has 1 saturated heterocycles. The average Bonchev–Trinajstić information content (AvgIpc) is 2.79. The van der Waals surface area contributed by atoms with E-state index in [0.29, 0.717) is 12.1 Å². The third-order valence-electron chi connectivity index (χ3n) is 5.29. The van der Waals surface area contributed by atoms with Crippen molar-refractivity contribution < 1.29 is 4.79 Å². The predicted molar refractivity (Wildman–Crippen MR) is 140 cm³/mol. The van der Waals surface area contributed by atoms with Crippen molar-refractivity contribution in [2.75, 3.05) is 33.2 Å². The van der Waals surface area contributed by atoms with E-state index in [9.17, 15) is 4.79 Å². The fraction of sp³-hybridized carbons (Fsp3) is 0.360. The Morgan fingerprint density at radius 2 is 1.84 bits per heavy atom. The van der Waals surface area contributed by atoms with Gasteiger partial charge < -0.3 is 15.5 Å². The molecule has 0 aromatic heterocycles. The van der Waals surface area contributed by atoms with E-state index in [1.54, 1.807) is 7.05 Å². The van der Waals surface area contributed by atoms with Gasteiger partial charge in [-0.15, -0.1) is 24.0 Å². The summed E-state index contributed by atoms with van der Waals surface area (Å²) in [4.78, 5) is 19.0. The van der Waals surface area contributed by atoms with Crippen molar-refractivity contribution >= 4 is 41.9 Å². The van der Waals surface area contributed by atoms with E-state index in [4.69, 9.17) is 4.99 Å². The van der Waals surface area contributed by atoms with Gasteiger partial charge in [0, 0.05) is 38.8 Å². The summed E-state index contributed by atoms with van der Waals surface area (Å²) in [7, 11) is 1.65. The lowest BCUT2D eigenvalue weighted by molar-refractivity contribution is 0.0963. The van der Waals surface area contributed by atoms with Crippen molar-refractivity contribution in [3.05, 3.63) is 76.9 Å². The number of halogens is 1. The second-order valence-corrected chi connectivity index (χ2v) is 7.47. The molecule has 0 unspecified atom stereocenters. The molecule has 0 bridgehead atoms. The first-order chi connectivity index (χ1) is 14.7. The Morgan fingerprint density at radius 3 is 2.52 bits per heavy atom. The van der Waals surface area contributed by atoms with Crippen LogP contribution in [-0.2, 0) is 6.42 Å². The maximum atomic E-state index is 11.8. The van der Waals surface area contributed by atoms with Crippen LogP contribution in [0.3, 0.4) is 0 Å². The molecule has 3 rings (SSSR count). The Kier molecular flexibility index (Phi) is 10.6. The maximum Gasteiger partial charge on any atom is 0.251 e. The summed E-state index contributed by atoms with van der Waals surface area (Å²) in [5, 5.41) is 6.11. The van der Waals surface area contributed by atoms with Gasteiger partial charge >= 0.3 is 0 Å². The molecule has 2 aromatic carbocycles. The van der Waals surface area contributed by atoms with Crippen LogP contribution in [0.25, 0.3) is 6.08 Å². The number of amides is 1. The highest BCUT2D eigenvalue weighted by Gasteiger charge is 2.17. The number of nitrogens with zero attached hydrogens (tertiary/aromatic N) is 2. The van der Waals surface area contributed by atoms with Gasteiger partial charge in [0.2, 0.25) is 0 Å². The van der Waals surface area contributed by atoms with Crippen molar-refractivity contribution in [1.82, 2.24) is 15.5 Å². The number of aliphatic imine (C=N–C) groups is 1. The van der Waals surface area contributed by atoms with Crippen LogP contribution in [0.15, 0.2) is 65.2 Å². The molecule has 5 nitrogen and oxygen atoms in total. The van der Waals surface area contributed by atoms with E-state index in [2.05, 4.69) is 64.9 Å². The first-order valence-corrected chi connectivity index (χ1v) is 10.8. The number of carbonyl (C=O) groups excluding carboxylic acids is 1. The third-order valence-corrected chi connectivity index (χ3v) is 5.29. The van der Waals surface area contributed by atoms with E-state index in [1.807, 2.05) is 18.2 Å². The number of nitrogens with one attached hydrogen (secondary N) is 2. The van der Waals surface area contributed by atoms with Crippen molar-refractivity contribution in [2.24, 2.45) is 4.99 Å². The molecule has 2 N–H and O–H groups in total. The minimum atomic E-state index is -0.0543. The maximum absolute atomic E-state index is 11.8. The summed E-state index contributed by atoms with van der Waals surface area (Å²) >= 11 is 0. The first kappa shape index (κ1) is 24.9. The largest absolute Gasteiger partial charge is 0.357 e. The molecular weight excluding hydrogens is 499 g/mol. The average molecular weight is 532 g/mol. The highest BCUT2D eigenvalue weighted by Crippen LogP contribution is 2.19. The Labute approximate surface area is 203 Å². The Bertz CT molecular complexity index is 885. The summed E-state index contributed by atoms with van der Waals surface area (Å²) in [6, 6.07) is 18.3. The highest BCUT2D eigenvalue weighted by atomic mass is 127. The zero-order chi connectivity index (χ0) is 21.2. The SMILES string of the molecule is CCNC(=NCCc1cccc(C(=O)NC)c1)N1CCC(=Cc2ccccc2)CC1.I. The van der Waals surface area contributed by atoms with Crippen LogP contribution >= 0.6 is 24.0 Å². The van der Waals surface area contributed by atoms with Gasteiger partial charge in [0.1, 0.15) is 0 Å². The van der Waals surface area contributed by atoms with Crippen LogP contribution in [-0.4, -0.2) is 50.0 Å².